The summed E-state index contributed by atoms with van der Waals surface area (Å²) in [7, 11) is 0. The molecule has 0 aliphatic carbocycles. The van der Waals surface area contributed by atoms with Crippen LogP contribution in [0.15, 0.2) is 36.4 Å². The molecule has 3 aromatic rings. The summed E-state index contributed by atoms with van der Waals surface area (Å²) < 4.78 is 12.0. The number of carbonyl (C=O) groups excluding carboxylic acids is 1. The summed E-state index contributed by atoms with van der Waals surface area (Å²) >= 11 is 7.44. The van der Waals surface area contributed by atoms with Gasteiger partial charge >= 0.3 is 0 Å². The Morgan fingerprint density at radius 2 is 2.00 bits per heavy atom. The molecule has 0 amide bonds. The molecule has 7 heteroatoms. The number of carbonyl (C=O) groups is 1. The number of rotatable bonds is 4. The minimum absolute atomic E-state index is 0.0377. The molecular formula is C17H13ClN2O3S. The van der Waals surface area contributed by atoms with Crippen LogP contribution in [0.1, 0.15) is 10.4 Å². The molecule has 0 saturated heterocycles. The first-order valence-electron chi connectivity index (χ1n) is 7.42. The Balaban J connectivity index is 1.47. The summed E-state index contributed by atoms with van der Waals surface area (Å²) in [6, 6.07) is 10.8. The highest BCUT2D eigenvalue weighted by atomic mass is 35.5. The summed E-state index contributed by atoms with van der Waals surface area (Å²) in [6.07, 6.45) is 0. The molecular weight excluding hydrogens is 348 g/mol. The lowest BCUT2D eigenvalue weighted by Crippen LogP contribution is -2.17. The van der Waals surface area contributed by atoms with Crippen LogP contribution < -0.4 is 14.8 Å². The molecule has 0 bridgehead atoms. The highest BCUT2D eigenvalue weighted by molar-refractivity contribution is 7.22. The second kappa shape index (κ2) is 6.30. The summed E-state index contributed by atoms with van der Waals surface area (Å²) in [5.74, 6) is 1.25. The predicted molar refractivity (Wildman–Crippen MR) is 94.9 cm³/mol. The van der Waals surface area contributed by atoms with E-state index < -0.39 is 0 Å². The number of aromatic nitrogens is 1. The fourth-order valence-electron chi connectivity index (χ4n) is 2.45. The Kier molecular flexibility index (Phi) is 4.00. The average Bonchev–Trinajstić information content (AvgIpc) is 3.01. The third kappa shape index (κ3) is 3.02. The Bertz CT molecular complexity index is 925. The van der Waals surface area contributed by atoms with Crippen LogP contribution in [-0.2, 0) is 0 Å². The molecule has 2 heterocycles. The van der Waals surface area contributed by atoms with Crippen molar-refractivity contribution < 1.29 is 14.3 Å². The summed E-state index contributed by atoms with van der Waals surface area (Å²) in [6.45, 7) is 1.19. The van der Waals surface area contributed by atoms with E-state index in [1.165, 1.54) is 11.3 Å². The van der Waals surface area contributed by atoms with Gasteiger partial charge in [-0.2, -0.15) is 0 Å². The Morgan fingerprint density at radius 3 is 2.88 bits per heavy atom. The van der Waals surface area contributed by atoms with Crippen molar-refractivity contribution in [3.8, 4) is 11.5 Å². The average molecular weight is 361 g/mol. The van der Waals surface area contributed by atoms with E-state index in [0.29, 0.717) is 40.4 Å². The molecule has 0 spiro atoms. The van der Waals surface area contributed by atoms with E-state index in [2.05, 4.69) is 10.3 Å². The number of halogens is 1. The molecule has 1 aromatic heterocycles. The van der Waals surface area contributed by atoms with Crippen molar-refractivity contribution in [3.63, 3.8) is 0 Å². The molecule has 24 heavy (non-hydrogen) atoms. The molecule has 2 aromatic carbocycles. The van der Waals surface area contributed by atoms with Gasteiger partial charge in [-0.05, 0) is 36.4 Å². The van der Waals surface area contributed by atoms with Crippen LogP contribution in [0.3, 0.4) is 0 Å². The molecule has 0 unspecified atom stereocenters. The first-order valence-corrected chi connectivity index (χ1v) is 8.61. The summed E-state index contributed by atoms with van der Waals surface area (Å²) in [5, 5.41) is 4.44. The van der Waals surface area contributed by atoms with Gasteiger partial charge in [-0.1, -0.05) is 22.9 Å². The van der Waals surface area contributed by atoms with Gasteiger partial charge in [0.05, 0.1) is 16.8 Å². The van der Waals surface area contributed by atoms with E-state index in [4.69, 9.17) is 21.1 Å². The Hall–Kier alpha value is -2.31. The number of thiazole rings is 1. The smallest absolute Gasteiger partial charge is 0.184 e. The van der Waals surface area contributed by atoms with Crippen LogP contribution in [0.5, 0.6) is 11.5 Å². The lowest BCUT2D eigenvalue weighted by atomic mass is 10.1. The second-order valence-electron chi connectivity index (χ2n) is 5.27. The van der Waals surface area contributed by atoms with Gasteiger partial charge < -0.3 is 14.8 Å². The third-order valence-corrected chi connectivity index (χ3v) is 4.83. The zero-order chi connectivity index (χ0) is 16.5. The highest BCUT2D eigenvalue weighted by Crippen LogP contribution is 2.31. The lowest BCUT2D eigenvalue weighted by Gasteiger charge is -2.18. The topological polar surface area (TPSA) is 60.5 Å². The molecule has 5 nitrogen and oxygen atoms in total. The van der Waals surface area contributed by atoms with Gasteiger partial charge in [0.2, 0.25) is 0 Å². The number of nitrogens with one attached hydrogen (secondary N) is 1. The van der Waals surface area contributed by atoms with E-state index in [9.17, 15) is 4.79 Å². The zero-order valence-corrected chi connectivity index (χ0v) is 14.1. The first kappa shape index (κ1) is 15.2. The van der Waals surface area contributed by atoms with Crippen LogP contribution in [0.2, 0.25) is 5.02 Å². The fraction of sp³-hybridized carbons (Fsp3) is 0.176. The van der Waals surface area contributed by atoms with Crippen molar-refractivity contribution in [2.45, 2.75) is 0 Å². The second-order valence-corrected chi connectivity index (χ2v) is 6.73. The number of nitrogens with zero attached hydrogens (tertiary/aromatic N) is 1. The van der Waals surface area contributed by atoms with Crippen LogP contribution >= 0.6 is 22.9 Å². The maximum atomic E-state index is 12.4. The van der Waals surface area contributed by atoms with Crippen molar-refractivity contribution in [2.24, 2.45) is 0 Å². The van der Waals surface area contributed by atoms with E-state index >= 15 is 0 Å². The van der Waals surface area contributed by atoms with Gasteiger partial charge in [-0.3, -0.25) is 4.79 Å². The lowest BCUT2D eigenvalue weighted by molar-refractivity contribution is 0.100. The minimum atomic E-state index is -0.0377. The van der Waals surface area contributed by atoms with Gasteiger partial charge in [0.1, 0.15) is 13.2 Å². The molecule has 1 N–H and O–H groups in total. The van der Waals surface area contributed by atoms with Crippen molar-refractivity contribution in [3.05, 3.63) is 47.0 Å². The Morgan fingerprint density at radius 1 is 1.17 bits per heavy atom. The van der Waals surface area contributed by atoms with Gasteiger partial charge in [0.25, 0.3) is 0 Å². The number of hydrogen-bond acceptors (Lipinski definition) is 6. The summed E-state index contributed by atoms with van der Waals surface area (Å²) in [5.41, 5.74) is 1.44. The number of benzene rings is 2. The monoisotopic (exact) mass is 360 g/mol. The number of ether oxygens (including phenoxy) is 2. The van der Waals surface area contributed by atoms with Crippen molar-refractivity contribution in [2.75, 3.05) is 25.1 Å². The predicted octanol–water partition coefficient (Wildman–Crippen LogP) is 4.02. The zero-order valence-electron chi connectivity index (χ0n) is 12.5. The third-order valence-electron chi connectivity index (χ3n) is 3.61. The molecule has 0 fully saturated rings. The van der Waals surface area contributed by atoms with Crippen molar-refractivity contribution in [1.29, 1.82) is 0 Å². The quantitative estimate of drug-likeness (QED) is 0.712. The molecule has 0 atom stereocenters. The van der Waals surface area contributed by atoms with Crippen molar-refractivity contribution in [1.82, 2.24) is 4.98 Å². The number of anilines is 1. The van der Waals surface area contributed by atoms with Crippen molar-refractivity contribution >= 4 is 44.1 Å². The van der Waals surface area contributed by atoms with Gasteiger partial charge in [0.15, 0.2) is 22.4 Å². The van der Waals surface area contributed by atoms with E-state index in [-0.39, 0.29) is 12.3 Å². The number of ketones is 1. The van der Waals surface area contributed by atoms with Gasteiger partial charge in [-0.15, -0.1) is 0 Å². The van der Waals surface area contributed by atoms with Crippen LogP contribution in [0, 0.1) is 0 Å². The molecule has 0 saturated carbocycles. The van der Waals surface area contributed by atoms with Crippen LogP contribution in [0.25, 0.3) is 10.2 Å². The molecule has 1 aliphatic rings. The molecule has 4 rings (SSSR count). The number of Topliss-reactive ketones (excluding diaryl/α,β-unsaturated/α-hetero) is 1. The standard InChI is InChI=1S/C17H13ClN2O3S/c18-11-2-3-12-16(8-11)24-17(20-12)19-9-13(21)10-1-4-14-15(7-10)23-6-5-22-14/h1-4,7-8H,5-6,9H2,(H,19,20). The molecule has 1 aliphatic heterocycles. The van der Waals surface area contributed by atoms with Crippen LogP contribution in [-0.4, -0.2) is 30.5 Å². The van der Waals surface area contributed by atoms with Crippen LogP contribution in [0.4, 0.5) is 5.13 Å². The number of hydrogen-bond donors (Lipinski definition) is 1. The Labute approximate surface area is 147 Å². The van der Waals surface area contributed by atoms with E-state index in [1.807, 2.05) is 12.1 Å². The van der Waals surface area contributed by atoms with Gasteiger partial charge in [0, 0.05) is 10.6 Å². The fourth-order valence-corrected chi connectivity index (χ4v) is 3.59. The minimum Gasteiger partial charge on any atom is -0.486 e. The first-order chi connectivity index (χ1) is 11.7. The normalized spacial score (nSPS) is 13.0. The van der Waals surface area contributed by atoms with E-state index in [1.54, 1.807) is 24.3 Å². The summed E-state index contributed by atoms with van der Waals surface area (Å²) in [4.78, 5) is 16.8. The maximum Gasteiger partial charge on any atom is 0.184 e. The van der Waals surface area contributed by atoms with Gasteiger partial charge in [-0.25, -0.2) is 4.98 Å². The SMILES string of the molecule is O=C(CNc1nc2ccc(Cl)cc2s1)c1ccc2c(c1)OCCO2. The maximum absolute atomic E-state index is 12.4. The van der Waals surface area contributed by atoms with E-state index in [0.717, 1.165) is 10.2 Å². The largest absolute Gasteiger partial charge is 0.486 e. The molecule has 0 radical (unpaired) electrons. The number of fused-ring (bicyclic) bond motifs is 2. The highest BCUT2D eigenvalue weighted by Gasteiger charge is 2.15. The molecule has 122 valence electrons.